The Morgan fingerprint density at radius 3 is 2.14 bits per heavy atom. The summed E-state index contributed by atoms with van der Waals surface area (Å²) in [5.41, 5.74) is 5.65. The first kappa shape index (κ1) is 27.6. The van der Waals surface area contributed by atoms with Crippen LogP contribution in [0.15, 0.2) is 138 Å². The summed E-state index contributed by atoms with van der Waals surface area (Å²) < 4.78 is 2.18. The van der Waals surface area contributed by atoms with Crippen LogP contribution in [0.2, 0.25) is 0 Å². The van der Waals surface area contributed by atoms with Crippen molar-refractivity contribution in [3.05, 3.63) is 139 Å². The number of phenols is 2. The fourth-order valence-electron chi connectivity index (χ4n) is 6.08. The molecular formula is C38H25N3O2Pt. The molecule has 214 valence electrons. The van der Waals surface area contributed by atoms with Crippen LogP contribution in [0.3, 0.4) is 0 Å². The maximum atomic E-state index is 11.6. The van der Waals surface area contributed by atoms with Gasteiger partial charge in [-0.05, 0) is 53.2 Å². The van der Waals surface area contributed by atoms with Gasteiger partial charge in [0.25, 0.3) is 0 Å². The molecular weight excluding hydrogens is 726 g/mol. The Morgan fingerprint density at radius 1 is 0.591 bits per heavy atom. The van der Waals surface area contributed by atoms with Crippen molar-refractivity contribution in [1.82, 2.24) is 9.55 Å². The van der Waals surface area contributed by atoms with Gasteiger partial charge in [0.2, 0.25) is 0 Å². The minimum Gasteiger partial charge on any atom is -0.507 e. The molecule has 0 aliphatic heterocycles. The van der Waals surface area contributed by atoms with Crippen molar-refractivity contribution < 1.29 is 31.3 Å². The first-order valence-corrected chi connectivity index (χ1v) is 14.1. The number of aromatic hydroxyl groups is 2. The van der Waals surface area contributed by atoms with E-state index in [0.29, 0.717) is 28.0 Å². The number of nitrogens with zero attached hydrogens (tertiary/aromatic N) is 3. The fourth-order valence-corrected chi connectivity index (χ4v) is 6.08. The molecule has 0 spiro atoms. The molecule has 8 aromatic rings. The van der Waals surface area contributed by atoms with Crippen molar-refractivity contribution >= 4 is 55.3 Å². The summed E-state index contributed by atoms with van der Waals surface area (Å²) in [5, 5.41) is 27.7. The standard InChI is InChI=1S/C38H25N3O2.Pt/c42-35-19-9-12-24-11-8-17-32(37(24)35)39-23-26-20-25-10-4-5-15-28(25)38(40-26)31-21-30-29-16-6-7-18-33(29)41(34(30)22-36(31)43)27-13-2-1-3-14-27;/h1-23,42-43H;. The monoisotopic (exact) mass is 750 g/mol. The first-order valence-electron chi connectivity index (χ1n) is 14.1. The molecule has 2 aromatic heterocycles. The molecule has 6 heteroatoms. The molecule has 0 saturated carbocycles. The molecule has 44 heavy (non-hydrogen) atoms. The Balaban J connectivity index is 0.00000312. The van der Waals surface area contributed by atoms with E-state index in [1.165, 1.54) is 0 Å². The van der Waals surface area contributed by atoms with Crippen molar-refractivity contribution in [2.45, 2.75) is 0 Å². The Morgan fingerprint density at radius 2 is 1.30 bits per heavy atom. The van der Waals surface area contributed by atoms with Crippen LogP contribution < -0.4 is 0 Å². The summed E-state index contributed by atoms with van der Waals surface area (Å²) >= 11 is 0. The molecule has 8 rings (SSSR count). The number of aliphatic imine (C=N–C) groups is 1. The van der Waals surface area contributed by atoms with Crippen molar-refractivity contribution in [3.8, 4) is 28.4 Å². The van der Waals surface area contributed by atoms with Crippen LogP contribution in [0.5, 0.6) is 11.5 Å². The van der Waals surface area contributed by atoms with E-state index in [1.54, 1.807) is 12.3 Å². The number of phenolic OH excluding ortho intramolecular Hbond substituents is 2. The normalized spacial score (nSPS) is 11.5. The average molecular weight is 751 g/mol. The average Bonchev–Trinajstić information content (AvgIpc) is 3.36. The van der Waals surface area contributed by atoms with E-state index < -0.39 is 0 Å². The molecule has 0 saturated heterocycles. The molecule has 0 radical (unpaired) electrons. The summed E-state index contributed by atoms with van der Waals surface area (Å²) in [5.74, 6) is 0.337. The van der Waals surface area contributed by atoms with E-state index in [-0.39, 0.29) is 32.6 Å². The minimum atomic E-state index is 0. The van der Waals surface area contributed by atoms with Gasteiger partial charge in [0, 0.05) is 59.9 Å². The predicted molar refractivity (Wildman–Crippen MR) is 176 cm³/mol. The van der Waals surface area contributed by atoms with Crippen LogP contribution in [0.4, 0.5) is 5.69 Å². The molecule has 0 amide bonds. The van der Waals surface area contributed by atoms with Crippen LogP contribution >= 0.6 is 0 Å². The van der Waals surface area contributed by atoms with Crippen LogP contribution in [-0.4, -0.2) is 26.0 Å². The number of rotatable bonds is 4. The first-order chi connectivity index (χ1) is 21.2. The second-order valence-corrected chi connectivity index (χ2v) is 10.6. The van der Waals surface area contributed by atoms with Gasteiger partial charge in [-0.2, -0.15) is 0 Å². The molecule has 0 fully saturated rings. The van der Waals surface area contributed by atoms with Crippen molar-refractivity contribution in [2.75, 3.05) is 0 Å². The smallest absolute Gasteiger partial charge is 0.127 e. The predicted octanol–water partition coefficient (Wildman–Crippen LogP) is 9.31. The van der Waals surface area contributed by atoms with E-state index in [4.69, 9.17) is 9.98 Å². The summed E-state index contributed by atoms with van der Waals surface area (Å²) in [6.07, 6.45) is 1.72. The summed E-state index contributed by atoms with van der Waals surface area (Å²) in [4.78, 5) is 9.77. The Bertz CT molecular complexity index is 2370. The van der Waals surface area contributed by atoms with Crippen molar-refractivity contribution in [3.63, 3.8) is 0 Å². The van der Waals surface area contributed by atoms with E-state index in [0.717, 1.165) is 43.7 Å². The molecule has 0 unspecified atom stereocenters. The van der Waals surface area contributed by atoms with Gasteiger partial charge in [-0.3, -0.25) is 4.99 Å². The third-order valence-electron chi connectivity index (χ3n) is 8.02. The molecule has 2 N–H and O–H groups in total. The van der Waals surface area contributed by atoms with E-state index in [1.807, 2.05) is 103 Å². The largest absolute Gasteiger partial charge is 0.507 e. The van der Waals surface area contributed by atoms with Gasteiger partial charge >= 0.3 is 0 Å². The van der Waals surface area contributed by atoms with Gasteiger partial charge in [-0.25, -0.2) is 4.98 Å². The third kappa shape index (κ3) is 4.54. The molecule has 0 aliphatic carbocycles. The number of hydrogen-bond donors (Lipinski definition) is 2. The maximum absolute atomic E-state index is 11.6. The minimum absolute atomic E-state index is 0. The van der Waals surface area contributed by atoms with Crippen LogP contribution in [-0.2, 0) is 21.1 Å². The summed E-state index contributed by atoms with van der Waals surface area (Å²) in [6, 6.07) is 43.6. The van der Waals surface area contributed by atoms with Crippen molar-refractivity contribution in [2.24, 2.45) is 4.99 Å². The van der Waals surface area contributed by atoms with E-state index in [9.17, 15) is 10.2 Å². The SMILES string of the molecule is Oc1cc2c(cc1-c1nc(C=Nc3cccc4cccc(O)c34)cc3ccccc13)c1ccccc1n2-c1ccccc1.[Pt]. The van der Waals surface area contributed by atoms with E-state index in [2.05, 4.69) is 28.8 Å². The van der Waals surface area contributed by atoms with Gasteiger partial charge in [0.15, 0.2) is 0 Å². The number of aromatic nitrogens is 2. The molecule has 0 aliphatic rings. The van der Waals surface area contributed by atoms with Crippen LogP contribution in [0.25, 0.3) is 60.3 Å². The maximum Gasteiger partial charge on any atom is 0.127 e. The van der Waals surface area contributed by atoms with Crippen molar-refractivity contribution in [1.29, 1.82) is 0 Å². The summed E-state index contributed by atoms with van der Waals surface area (Å²) in [6.45, 7) is 0. The second kappa shape index (κ2) is 11.1. The molecule has 5 nitrogen and oxygen atoms in total. The fraction of sp³-hybridized carbons (Fsp3) is 0. The number of benzene rings is 6. The Hall–Kier alpha value is -5.25. The zero-order chi connectivity index (χ0) is 28.9. The van der Waals surface area contributed by atoms with Crippen LogP contribution in [0, 0.1) is 0 Å². The van der Waals surface area contributed by atoms with Gasteiger partial charge in [0.05, 0.1) is 34.3 Å². The number of hydrogen-bond acceptors (Lipinski definition) is 4. The molecule has 0 atom stereocenters. The molecule has 0 bridgehead atoms. The topological polar surface area (TPSA) is 70.6 Å². The Labute approximate surface area is 267 Å². The molecule has 6 aromatic carbocycles. The zero-order valence-corrected chi connectivity index (χ0v) is 25.6. The Kier molecular flexibility index (Phi) is 6.96. The summed E-state index contributed by atoms with van der Waals surface area (Å²) in [7, 11) is 0. The quantitative estimate of drug-likeness (QED) is 0.176. The molecule has 2 heterocycles. The third-order valence-corrected chi connectivity index (χ3v) is 8.02. The van der Waals surface area contributed by atoms with E-state index >= 15 is 0 Å². The zero-order valence-electron chi connectivity index (χ0n) is 23.3. The number of para-hydroxylation sites is 2. The number of fused-ring (bicyclic) bond motifs is 5. The van der Waals surface area contributed by atoms with Gasteiger partial charge in [0.1, 0.15) is 11.5 Å². The van der Waals surface area contributed by atoms with Gasteiger partial charge in [-0.1, -0.05) is 84.9 Å². The van der Waals surface area contributed by atoms with Crippen LogP contribution in [0.1, 0.15) is 5.69 Å². The van der Waals surface area contributed by atoms with Gasteiger partial charge < -0.3 is 14.8 Å². The number of pyridine rings is 1. The second-order valence-electron chi connectivity index (χ2n) is 10.6. The van der Waals surface area contributed by atoms with Gasteiger partial charge in [-0.15, -0.1) is 0 Å².